The molecular formula is C17H16BrNO3S. The van der Waals surface area contributed by atoms with Crippen molar-refractivity contribution in [2.24, 2.45) is 0 Å². The first-order valence-corrected chi connectivity index (χ1v) is 8.84. The first-order valence-electron chi connectivity index (χ1n) is 6.89. The van der Waals surface area contributed by atoms with Crippen molar-refractivity contribution in [3.63, 3.8) is 0 Å². The van der Waals surface area contributed by atoms with Gasteiger partial charge in [0.25, 0.3) is 0 Å². The van der Waals surface area contributed by atoms with Gasteiger partial charge in [0.15, 0.2) is 0 Å². The topological polar surface area (TPSA) is 55.4 Å². The fraction of sp³-hybridized carbons (Fsp3) is 0.176. The molecule has 0 unspecified atom stereocenters. The number of amides is 1. The van der Waals surface area contributed by atoms with Gasteiger partial charge in [0, 0.05) is 10.2 Å². The number of anilines is 1. The monoisotopic (exact) mass is 393 g/mol. The van der Waals surface area contributed by atoms with Crippen molar-refractivity contribution in [3.05, 3.63) is 64.1 Å². The zero-order valence-electron chi connectivity index (χ0n) is 12.5. The maximum Gasteiger partial charge on any atom is 0.337 e. The number of thioether (sulfide) groups is 1. The molecule has 0 radical (unpaired) electrons. The third-order valence-electron chi connectivity index (χ3n) is 3.00. The molecule has 0 bridgehead atoms. The number of esters is 1. The van der Waals surface area contributed by atoms with Crippen LogP contribution < -0.4 is 5.32 Å². The van der Waals surface area contributed by atoms with Gasteiger partial charge in [-0.05, 0) is 45.8 Å². The van der Waals surface area contributed by atoms with E-state index in [-0.39, 0.29) is 11.9 Å². The fourth-order valence-corrected chi connectivity index (χ4v) is 3.08. The summed E-state index contributed by atoms with van der Waals surface area (Å²) in [5.74, 6) is 0.562. The number of carbonyl (C=O) groups is 2. The fourth-order valence-electron chi connectivity index (χ4n) is 1.92. The Hall–Kier alpha value is -1.79. The van der Waals surface area contributed by atoms with E-state index in [1.165, 1.54) is 18.9 Å². The molecule has 6 heteroatoms. The Kier molecular flexibility index (Phi) is 6.67. The summed E-state index contributed by atoms with van der Waals surface area (Å²) in [5, 5.41) is 2.85. The summed E-state index contributed by atoms with van der Waals surface area (Å²) < 4.78 is 5.55. The summed E-state index contributed by atoms with van der Waals surface area (Å²) in [6.07, 6.45) is 0. The van der Waals surface area contributed by atoms with E-state index in [0.29, 0.717) is 17.1 Å². The van der Waals surface area contributed by atoms with Gasteiger partial charge in [-0.3, -0.25) is 4.79 Å². The van der Waals surface area contributed by atoms with Crippen molar-refractivity contribution in [3.8, 4) is 0 Å². The van der Waals surface area contributed by atoms with Crippen molar-refractivity contribution in [2.45, 2.75) is 5.75 Å². The van der Waals surface area contributed by atoms with Gasteiger partial charge in [-0.2, -0.15) is 0 Å². The van der Waals surface area contributed by atoms with Crippen LogP contribution in [-0.2, 0) is 15.3 Å². The Bertz CT molecular complexity index is 706. The molecule has 0 saturated heterocycles. The van der Waals surface area contributed by atoms with E-state index in [2.05, 4.69) is 21.2 Å². The molecule has 1 amide bonds. The molecule has 0 spiro atoms. The molecule has 2 aromatic carbocycles. The van der Waals surface area contributed by atoms with E-state index >= 15 is 0 Å². The SMILES string of the molecule is COC(=O)c1cccc(CSCC(=O)Nc2ccccc2Br)c1. The van der Waals surface area contributed by atoms with Gasteiger partial charge < -0.3 is 10.1 Å². The average Bonchev–Trinajstić information content (AvgIpc) is 2.56. The lowest BCUT2D eigenvalue weighted by Gasteiger charge is -2.07. The molecule has 4 nitrogen and oxygen atoms in total. The van der Waals surface area contributed by atoms with Crippen LogP contribution in [0.25, 0.3) is 0 Å². The van der Waals surface area contributed by atoms with E-state index in [4.69, 9.17) is 4.74 Å². The van der Waals surface area contributed by atoms with Crippen LogP contribution >= 0.6 is 27.7 Å². The molecule has 0 fully saturated rings. The highest BCUT2D eigenvalue weighted by Gasteiger charge is 2.08. The largest absolute Gasteiger partial charge is 0.465 e. The molecule has 1 N–H and O–H groups in total. The molecular weight excluding hydrogens is 378 g/mol. The first kappa shape index (κ1) is 17.6. The van der Waals surface area contributed by atoms with Crippen LogP contribution in [0, 0.1) is 0 Å². The van der Waals surface area contributed by atoms with Crippen LogP contribution in [-0.4, -0.2) is 24.7 Å². The zero-order valence-corrected chi connectivity index (χ0v) is 14.9. The molecule has 2 rings (SSSR count). The summed E-state index contributed by atoms with van der Waals surface area (Å²) in [6, 6.07) is 14.7. The molecule has 0 aliphatic carbocycles. The minimum absolute atomic E-state index is 0.0639. The smallest absolute Gasteiger partial charge is 0.337 e. The molecule has 0 saturated carbocycles. The minimum Gasteiger partial charge on any atom is -0.465 e. The second-order valence-corrected chi connectivity index (χ2v) is 6.55. The molecule has 0 aromatic heterocycles. The second-order valence-electron chi connectivity index (χ2n) is 4.71. The predicted molar refractivity (Wildman–Crippen MR) is 96.7 cm³/mol. The molecule has 120 valence electrons. The molecule has 23 heavy (non-hydrogen) atoms. The van der Waals surface area contributed by atoms with Crippen molar-refractivity contribution < 1.29 is 14.3 Å². The number of benzene rings is 2. The summed E-state index contributed by atoms with van der Waals surface area (Å²) in [6.45, 7) is 0. The van der Waals surface area contributed by atoms with Crippen molar-refractivity contribution >= 4 is 45.3 Å². The van der Waals surface area contributed by atoms with Crippen LogP contribution in [0.2, 0.25) is 0 Å². The van der Waals surface area contributed by atoms with Gasteiger partial charge in [-0.15, -0.1) is 11.8 Å². The van der Waals surface area contributed by atoms with Gasteiger partial charge in [-0.1, -0.05) is 24.3 Å². The Labute approximate surface area is 147 Å². The highest BCUT2D eigenvalue weighted by atomic mass is 79.9. The van der Waals surface area contributed by atoms with Crippen molar-refractivity contribution in [1.29, 1.82) is 0 Å². The number of nitrogens with one attached hydrogen (secondary N) is 1. The lowest BCUT2D eigenvalue weighted by molar-refractivity contribution is -0.113. The molecule has 0 aliphatic rings. The summed E-state index contributed by atoms with van der Waals surface area (Å²) >= 11 is 4.88. The number of rotatable bonds is 6. The Balaban J connectivity index is 1.84. The summed E-state index contributed by atoms with van der Waals surface area (Å²) in [5.41, 5.74) is 2.25. The third-order valence-corrected chi connectivity index (χ3v) is 4.69. The highest BCUT2D eigenvalue weighted by molar-refractivity contribution is 9.10. The van der Waals surface area contributed by atoms with E-state index < -0.39 is 0 Å². The number of methoxy groups -OCH3 is 1. The quantitative estimate of drug-likeness (QED) is 0.750. The van der Waals surface area contributed by atoms with Crippen LogP contribution in [0.5, 0.6) is 0 Å². The summed E-state index contributed by atoms with van der Waals surface area (Å²) in [4.78, 5) is 23.4. The Morgan fingerprint density at radius 3 is 2.70 bits per heavy atom. The summed E-state index contributed by atoms with van der Waals surface area (Å²) in [7, 11) is 1.36. The van der Waals surface area contributed by atoms with Gasteiger partial charge in [0.05, 0.1) is 24.1 Å². The molecule has 2 aromatic rings. The number of para-hydroxylation sites is 1. The van der Waals surface area contributed by atoms with Crippen LogP contribution in [0.4, 0.5) is 5.69 Å². The molecule has 0 atom stereocenters. The maximum absolute atomic E-state index is 11.9. The normalized spacial score (nSPS) is 10.2. The van der Waals surface area contributed by atoms with Crippen LogP contribution in [0.1, 0.15) is 15.9 Å². The molecule has 0 aliphatic heterocycles. The van der Waals surface area contributed by atoms with Gasteiger partial charge in [-0.25, -0.2) is 4.79 Å². The first-order chi connectivity index (χ1) is 11.1. The number of hydrogen-bond acceptors (Lipinski definition) is 4. The Morgan fingerprint density at radius 1 is 1.17 bits per heavy atom. The predicted octanol–water partition coefficient (Wildman–Crippen LogP) is 4.11. The lowest BCUT2D eigenvalue weighted by Crippen LogP contribution is -2.14. The minimum atomic E-state index is -0.358. The average molecular weight is 394 g/mol. The van der Waals surface area contributed by atoms with Crippen molar-refractivity contribution in [2.75, 3.05) is 18.2 Å². The highest BCUT2D eigenvalue weighted by Crippen LogP contribution is 2.21. The Morgan fingerprint density at radius 2 is 1.96 bits per heavy atom. The number of ether oxygens (including phenoxy) is 1. The van der Waals surface area contributed by atoms with Gasteiger partial charge in [0.2, 0.25) is 5.91 Å². The van der Waals surface area contributed by atoms with E-state index in [9.17, 15) is 9.59 Å². The van der Waals surface area contributed by atoms with Gasteiger partial charge >= 0.3 is 5.97 Å². The van der Waals surface area contributed by atoms with Crippen molar-refractivity contribution in [1.82, 2.24) is 0 Å². The lowest BCUT2D eigenvalue weighted by atomic mass is 10.1. The maximum atomic E-state index is 11.9. The van der Waals surface area contributed by atoms with E-state index in [0.717, 1.165) is 15.7 Å². The standard InChI is InChI=1S/C17H16BrNO3S/c1-22-17(21)13-6-4-5-12(9-13)10-23-11-16(20)19-15-8-3-2-7-14(15)18/h2-9H,10-11H2,1H3,(H,19,20). The van der Waals surface area contributed by atoms with Gasteiger partial charge in [0.1, 0.15) is 0 Å². The number of carbonyl (C=O) groups excluding carboxylic acids is 2. The van der Waals surface area contributed by atoms with Crippen LogP contribution in [0.3, 0.4) is 0 Å². The second kappa shape index (κ2) is 8.74. The number of halogens is 1. The van der Waals surface area contributed by atoms with E-state index in [1.807, 2.05) is 36.4 Å². The zero-order chi connectivity index (χ0) is 16.7. The number of hydrogen-bond donors (Lipinski definition) is 1. The third kappa shape index (κ3) is 5.41. The molecule has 0 heterocycles. The van der Waals surface area contributed by atoms with E-state index in [1.54, 1.807) is 12.1 Å². The van der Waals surface area contributed by atoms with Crippen LogP contribution in [0.15, 0.2) is 53.0 Å².